The van der Waals surface area contributed by atoms with E-state index in [9.17, 15) is 0 Å². The van der Waals surface area contributed by atoms with Gasteiger partial charge < -0.3 is 5.32 Å². The first kappa shape index (κ1) is 11.4. The van der Waals surface area contributed by atoms with E-state index in [0.29, 0.717) is 0 Å². The number of rotatable bonds is 6. The molecule has 0 unspecified atom stereocenters. The molecule has 0 radical (unpaired) electrons. The van der Waals surface area contributed by atoms with Crippen LogP contribution in [0.4, 0.5) is 0 Å². The van der Waals surface area contributed by atoms with Crippen molar-refractivity contribution >= 4 is 11.8 Å². The maximum absolute atomic E-state index is 3.64. The molecule has 13 heavy (non-hydrogen) atoms. The molecule has 0 aliphatic heterocycles. The van der Waals surface area contributed by atoms with Gasteiger partial charge in [-0.05, 0) is 31.4 Å². The second-order valence-corrected chi connectivity index (χ2v) is 5.38. The van der Waals surface area contributed by atoms with E-state index in [1.54, 1.807) is 0 Å². The topological polar surface area (TPSA) is 12.0 Å². The molecule has 0 heterocycles. The number of hydrogen-bond acceptors (Lipinski definition) is 2. The van der Waals surface area contributed by atoms with Crippen molar-refractivity contribution in [2.45, 2.75) is 45.6 Å². The molecule has 1 rings (SSSR count). The highest BCUT2D eigenvalue weighted by Gasteiger charge is 2.20. The summed E-state index contributed by atoms with van der Waals surface area (Å²) in [4.78, 5) is 0. The Morgan fingerprint density at radius 3 is 2.69 bits per heavy atom. The smallest absolute Gasteiger partial charge is 0.00673 e. The van der Waals surface area contributed by atoms with Gasteiger partial charge in [0.25, 0.3) is 0 Å². The normalized spacial score (nSPS) is 20.8. The SMILES string of the molecule is CCSCCN[C@H](C)C1CCCC1. The van der Waals surface area contributed by atoms with Gasteiger partial charge in [-0.15, -0.1) is 0 Å². The quantitative estimate of drug-likeness (QED) is 0.663. The summed E-state index contributed by atoms with van der Waals surface area (Å²) in [6.07, 6.45) is 5.82. The van der Waals surface area contributed by atoms with Crippen molar-refractivity contribution in [3.63, 3.8) is 0 Å². The second kappa shape index (κ2) is 6.72. The Morgan fingerprint density at radius 1 is 1.38 bits per heavy atom. The fourth-order valence-electron chi connectivity index (χ4n) is 2.13. The van der Waals surface area contributed by atoms with Gasteiger partial charge in [0.2, 0.25) is 0 Å². The molecule has 1 fully saturated rings. The summed E-state index contributed by atoms with van der Waals surface area (Å²) in [6.45, 7) is 5.77. The van der Waals surface area contributed by atoms with Crippen LogP contribution in [0.3, 0.4) is 0 Å². The number of hydrogen-bond donors (Lipinski definition) is 1. The van der Waals surface area contributed by atoms with Crippen LogP contribution in [0, 0.1) is 5.92 Å². The molecule has 1 N–H and O–H groups in total. The van der Waals surface area contributed by atoms with Gasteiger partial charge in [0, 0.05) is 18.3 Å². The van der Waals surface area contributed by atoms with Crippen LogP contribution in [-0.4, -0.2) is 24.1 Å². The summed E-state index contributed by atoms with van der Waals surface area (Å²) in [6, 6.07) is 0.750. The minimum absolute atomic E-state index is 0.750. The average Bonchev–Trinajstić information content (AvgIpc) is 2.65. The predicted molar refractivity (Wildman–Crippen MR) is 62.4 cm³/mol. The Morgan fingerprint density at radius 2 is 2.08 bits per heavy atom. The molecule has 1 saturated carbocycles. The van der Waals surface area contributed by atoms with Crippen molar-refractivity contribution in [1.82, 2.24) is 5.32 Å². The predicted octanol–water partition coefficient (Wildman–Crippen LogP) is 2.91. The first-order chi connectivity index (χ1) is 6.34. The lowest BCUT2D eigenvalue weighted by molar-refractivity contribution is 0.390. The van der Waals surface area contributed by atoms with Crippen molar-refractivity contribution in [2.75, 3.05) is 18.1 Å². The van der Waals surface area contributed by atoms with E-state index < -0.39 is 0 Å². The van der Waals surface area contributed by atoms with Gasteiger partial charge in [-0.3, -0.25) is 0 Å². The van der Waals surface area contributed by atoms with Crippen LogP contribution in [0.2, 0.25) is 0 Å². The molecule has 1 aliphatic rings. The number of thioether (sulfide) groups is 1. The Kier molecular flexibility index (Phi) is 5.88. The van der Waals surface area contributed by atoms with Crippen LogP contribution in [0.1, 0.15) is 39.5 Å². The molecule has 0 spiro atoms. The molecule has 0 aromatic carbocycles. The summed E-state index contributed by atoms with van der Waals surface area (Å²) in [5.74, 6) is 3.49. The van der Waals surface area contributed by atoms with Crippen LogP contribution in [0.25, 0.3) is 0 Å². The minimum Gasteiger partial charge on any atom is -0.313 e. The molecule has 78 valence electrons. The van der Waals surface area contributed by atoms with E-state index in [1.807, 2.05) is 11.8 Å². The molecule has 1 atom stereocenters. The summed E-state index contributed by atoms with van der Waals surface area (Å²) in [5.41, 5.74) is 0. The Labute approximate surface area is 87.1 Å². The first-order valence-electron chi connectivity index (χ1n) is 5.65. The van der Waals surface area contributed by atoms with Gasteiger partial charge in [0.1, 0.15) is 0 Å². The van der Waals surface area contributed by atoms with Gasteiger partial charge >= 0.3 is 0 Å². The second-order valence-electron chi connectivity index (χ2n) is 3.98. The molecule has 2 heteroatoms. The van der Waals surface area contributed by atoms with E-state index in [-0.39, 0.29) is 0 Å². The first-order valence-corrected chi connectivity index (χ1v) is 6.81. The van der Waals surface area contributed by atoms with E-state index in [0.717, 1.165) is 12.0 Å². The Balaban J connectivity index is 1.99. The van der Waals surface area contributed by atoms with Crippen LogP contribution in [0.15, 0.2) is 0 Å². The zero-order valence-electron chi connectivity index (χ0n) is 9.01. The maximum atomic E-state index is 3.64. The molecule has 1 aliphatic carbocycles. The molecule has 1 nitrogen and oxygen atoms in total. The van der Waals surface area contributed by atoms with Crippen molar-refractivity contribution in [3.05, 3.63) is 0 Å². The fourth-order valence-corrected chi connectivity index (χ4v) is 2.68. The van der Waals surface area contributed by atoms with Gasteiger partial charge in [0.05, 0.1) is 0 Å². The molecule has 0 amide bonds. The molecule has 0 bridgehead atoms. The molecular weight excluding hydrogens is 178 g/mol. The Hall–Kier alpha value is 0.310. The van der Waals surface area contributed by atoms with E-state index in [4.69, 9.17) is 0 Å². The van der Waals surface area contributed by atoms with Crippen LogP contribution < -0.4 is 5.32 Å². The zero-order chi connectivity index (χ0) is 9.52. The lowest BCUT2D eigenvalue weighted by Crippen LogP contribution is -2.33. The monoisotopic (exact) mass is 201 g/mol. The van der Waals surface area contributed by atoms with Crippen molar-refractivity contribution in [3.8, 4) is 0 Å². The van der Waals surface area contributed by atoms with Crippen molar-refractivity contribution < 1.29 is 0 Å². The Bertz CT molecular complexity index is 121. The summed E-state index contributed by atoms with van der Waals surface area (Å²) >= 11 is 2.03. The molecule has 0 saturated heterocycles. The molecule has 0 aromatic rings. The maximum Gasteiger partial charge on any atom is 0.00673 e. The van der Waals surface area contributed by atoms with E-state index >= 15 is 0 Å². The minimum atomic E-state index is 0.750. The van der Waals surface area contributed by atoms with Crippen molar-refractivity contribution in [2.24, 2.45) is 5.92 Å². The highest BCUT2D eigenvalue weighted by Crippen LogP contribution is 2.27. The molecule has 0 aromatic heterocycles. The summed E-state index contributed by atoms with van der Waals surface area (Å²) in [5, 5.41) is 3.64. The summed E-state index contributed by atoms with van der Waals surface area (Å²) in [7, 11) is 0. The largest absolute Gasteiger partial charge is 0.313 e. The number of nitrogens with one attached hydrogen (secondary N) is 1. The van der Waals surface area contributed by atoms with E-state index in [1.165, 1.54) is 43.7 Å². The third-order valence-corrected chi connectivity index (χ3v) is 3.92. The lowest BCUT2D eigenvalue weighted by Gasteiger charge is -2.20. The third kappa shape index (κ3) is 4.37. The highest BCUT2D eigenvalue weighted by molar-refractivity contribution is 7.99. The summed E-state index contributed by atoms with van der Waals surface area (Å²) < 4.78 is 0. The van der Waals surface area contributed by atoms with Gasteiger partial charge in [-0.25, -0.2) is 0 Å². The van der Waals surface area contributed by atoms with E-state index in [2.05, 4.69) is 19.2 Å². The van der Waals surface area contributed by atoms with Gasteiger partial charge in [-0.1, -0.05) is 19.8 Å². The highest BCUT2D eigenvalue weighted by atomic mass is 32.2. The zero-order valence-corrected chi connectivity index (χ0v) is 9.83. The lowest BCUT2D eigenvalue weighted by atomic mass is 10.00. The van der Waals surface area contributed by atoms with Crippen LogP contribution >= 0.6 is 11.8 Å². The molecular formula is C11H23NS. The van der Waals surface area contributed by atoms with Gasteiger partial charge in [-0.2, -0.15) is 11.8 Å². The van der Waals surface area contributed by atoms with Crippen LogP contribution in [0.5, 0.6) is 0 Å². The fraction of sp³-hybridized carbons (Fsp3) is 1.00. The van der Waals surface area contributed by atoms with Gasteiger partial charge in [0.15, 0.2) is 0 Å². The van der Waals surface area contributed by atoms with Crippen LogP contribution in [-0.2, 0) is 0 Å². The van der Waals surface area contributed by atoms with Crippen molar-refractivity contribution in [1.29, 1.82) is 0 Å². The third-order valence-electron chi connectivity index (χ3n) is 3.02. The average molecular weight is 201 g/mol. The standard InChI is InChI=1S/C11H23NS/c1-3-13-9-8-12-10(2)11-6-4-5-7-11/h10-12H,3-9H2,1-2H3/t10-/m1/s1.